The number of nitrogens with one attached hydrogen (secondary N) is 1. The van der Waals surface area contributed by atoms with E-state index in [2.05, 4.69) is 5.32 Å². The van der Waals surface area contributed by atoms with E-state index >= 15 is 0 Å². The summed E-state index contributed by atoms with van der Waals surface area (Å²) in [5, 5.41) is 11.4. The summed E-state index contributed by atoms with van der Waals surface area (Å²) in [6, 6.07) is 7.72. The van der Waals surface area contributed by atoms with Gasteiger partial charge in [-0.3, -0.25) is 4.79 Å². The Kier molecular flexibility index (Phi) is 8.09. The van der Waals surface area contributed by atoms with Gasteiger partial charge in [-0.05, 0) is 44.0 Å². The number of rotatable bonds is 9. The molecule has 19 heavy (non-hydrogen) atoms. The predicted molar refractivity (Wildman–Crippen MR) is 77.7 cm³/mol. The van der Waals surface area contributed by atoms with Gasteiger partial charge in [-0.25, -0.2) is 0 Å². The van der Waals surface area contributed by atoms with E-state index in [1.54, 1.807) is 0 Å². The molecule has 0 aliphatic heterocycles. The third-order valence-corrected chi connectivity index (χ3v) is 3.42. The Balaban J connectivity index is 2.22. The molecule has 0 bridgehead atoms. The number of aliphatic hydroxyl groups is 1. The largest absolute Gasteiger partial charge is 0.494 e. The first-order valence-corrected chi connectivity index (χ1v) is 7.48. The van der Waals surface area contributed by atoms with Crippen LogP contribution in [0.4, 0.5) is 0 Å². The smallest absolute Gasteiger partial charge is 0.230 e. The number of hydrogen-bond acceptors (Lipinski definition) is 4. The zero-order valence-corrected chi connectivity index (χ0v) is 12.0. The number of carbonyl (C=O) groups is 1. The molecule has 0 aromatic heterocycles. The molecular weight excluding hydrogens is 262 g/mol. The third-order valence-electron chi connectivity index (χ3n) is 2.41. The molecule has 1 aromatic carbocycles. The molecule has 0 saturated carbocycles. The minimum atomic E-state index is 0.0248. The number of benzene rings is 1. The lowest BCUT2D eigenvalue weighted by Gasteiger charge is -2.06. The fourth-order valence-corrected chi connectivity index (χ4v) is 2.19. The van der Waals surface area contributed by atoms with Gasteiger partial charge in [0.2, 0.25) is 5.91 Å². The summed E-state index contributed by atoms with van der Waals surface area (Å²) in [5.41, 5.74) is 0. The van der Waals surface area contributed by atoms with Crippen molar-refractivity contribution in [2.75, 3.05) is 25.5 Å². The lowest BCUT2D eigenvalue weighted by Crippen LogP contribution is -2.26. The Morgan fingerprint density at radius 2 is 2.05 bits per heavy atom. The molecule has 0 aliphatic carbocycles. The zero-order valence-electron chi connectivity index (χ0n) is 11.2. The van der Waals surface area contributed by atoms with Crippen LogP contribution in [0.1, 0.15) is 19.8 Å². The molecule has 2 N–H and O–H groups in total. The number of aliphatic hydroxyl groups excluding tert-OH is 1. The average molecular weight is 283 g/mol. The number of thioether (sulfide) groups is 1. The van der Waals surface area contributed by atoms with Crippen molar-refractivity contribution in [2.45, 2.75) is 24.7 Å². The van der Waals surface area contributed by atoms with Crippen molar-refractivity contribution in [1.82, 2.24) is 5.32 Å². The Morgan fingerprint density at radius 1 is 1.32 bits per heavy atom. The molecule has 0 heterocycles. The Labute approximate surface area is 118 Å². The first kappa shape index (κ1) is 15.9. The van der Waals surface area contributed by atoms with E-state index in [-0.39, 0.29) is 12.5 Å². The first-order valence-electron chi connectivity index (χ1n) is 6.49. The summed E-state index contributed by atoms with van der Waals surface area (Å²) < 4.78 is 5.35. The Morgan fingerprint density at radius 3 is 2.68 bits per heavy atom. The van der Waals surface area contributed by atoms with E-state index < -0.39 is 0 Å². The van der Waals surface area contributed by atoms with Crippen LogP contribution in [0.3, 0.4) is 0 Å². The van der Waals surface area contributed by atoms with Gasteiger partial charge < -0.3 is 15.2 Å². The summed E-state index contributed by atoms with van der Waals surface area (Å²) >= 11 is 1.50. The number of carbonyl (C=O) groups excluding carboxylic acids is 1. The quantitative estimate of drug-likeness (QED) is 0.538. The summed E-state index contributed by atoms with van der Waals surface area (Å²) in [5.74, 6) is 1.28. The topological polar surface area (TPSA) is 58.6 Å². The maximum absolute atomic E-state index is 11.5. The molecule has 0 saturated heterocycles. The summed E-state index contributed by atoms with van der Waals surface area (Å²) in [4.78, 5) is 12.6. The van der Waals surface area contributed by atoms with Crippen molar-refractivity contribution < 1.29 is 14.6 Å². The van der Waals surface area contributed by atoms with Crippen LogP contribution < -0.4 is 10.1 Å². The van der Waals surface area contributed by atoms with Gasteiger partial charge in [0.05, 0.1) is 12.4 Å². The van der Waals surface area contributed by atoms with Gasteiger partial charge >= 0.3 is 0 Å². The van der Waals surface area contributed by atoms with Gasteiger partial charge in [-0.1, -0.05) is 0 Å². The van der Waals surface area contributed by atoms with E-state index in [0.29, 0.717) is 18.9 Å². The highest BCUT2D eigenvalue weighted by molar-refractivity contribution is 8.00. The van der Waals surface area contributed by atoms with Crippen molar-refractivity contribution in [3.8, 4) is 5.75 Å². The average Bonchev–Trinajstić information content (AvgIpc) is 2.43. The maximum atomic E-state index is 11.5. The van der Waals surface area contributed by atoms with Crippen LogP contribution in [0.25, 0.3) is 0 Å². The van der Waals surface area contributed by atoms with E-state index in [1.807, 2.05) is 31.2 Å². The van der Waals surface area contributed by atoms with Crippen LogP contribution in [0, 0.1) is 0 Å². The van der Waals surface area contributed by atoms with Crippen molar-refractivity contribution in [2.24, 2.45) is 0 Å². The summed E-state index contributed by atoms with van der Waals surface area (Å²) in [6.45, 7) is 3.41. The summed E-state index contributed by atoms with van der Waals surface area (Å²) in [6.07, 6.45) is 1.54. The molecular formula is C14H21NO3S. The molecule has 0 atom stereocenters. The van der Waals surface area contributed by atoms with Crippen molar-refractivity contribution in [1.29, 1.82) is 0 Å². The van der Waals surface area contributed by atoms with E-state index in [4.69, 9.17) is 9.84 Å². The number of amides is 1. The number of ether oxygens (including phenoxy) is 1. The van der Waals surface area contributed by atoms with Gasteiger partial charge in [-0.15, -0.1) is 11.8 Å². The fourth-order valence-electron chi connectivity index (χ4n) is 1.46. The van der Waals surface area contributed by atoms with Gasteiger partial charge in [0, 0.05) is 18.0 Å². The van der Waals surface area contributed by atoms with Crippen LogP contribution in [0.2, 0.25) is 0 Å². The second-order valence-electron chi connectivity index (χ2n) is 3.97. The second-order valence-corrected chi connectivity index (χ2v) is 5.02. The minimum absolute atomic E-state index is 0.0248. The van der Waals surface area contributed by atoms with Crippen LogP contribution >= 0.6 is 11.8 Å². The highest BCUT2D eigenvalue weighted by Gasteiger charge is 2.02. The van der Waals surface area contributed by atoms with Crippen LogP contribution in [-0.4, -0.2) is 36.5 Å². The van der Waals surface area contributed by atoms with E-state index in [1.165, 1.54) is 11.8 Å². The molecule has 0 radical (unpaired) electrons. The van der Waals surface area contributed by atoms with Crippen LogP contribution in [-0.2, 0) is 4.79 Å². The van der Waals surface area contributed by atoms with Crippen LogP contribution in [0.15, 0.2) is 29.2 Å². The highest BCUT2D eigenvalue weighted by atomic mass is 32.2. The second kappa shape index (κ2) is 9.69. The standard InChI is InChI=1S/C14H21NO3S/c1-2-18-12-5-7-13(8-6-12)19-11-14(17)15-9-3-4-10-16/h5-8,16H,2-4,9-11H2,1H3,(H,15,17). The zero-order chi connectivity index (χ0) is 13.9. The van der Waals surface area contributed by atoms with Gasteiger partial charge in [-0.2, -0.15) is 0 Å². The lowest BCUT2D eigenvalue weighted by atomic mass is 10.3. The minimum Gasteiger partial charge on any atom is -0.494 e. The van der Waals surface area contributed by atoms with Crippen LogP contribution in [0.5, 0.6) is 5.75 Å². The molecule has 4 nitrogen and oxygen atoms in total. The van der Waals surface area contributed by atoms with Crippen molar-refractivity contribution in [3.63, 3.8) is 0 Å². The maximum Gasteiger partial charge on any atom is 0.230 e. The Hall–Kier alpha value is -1.20. The fraction of sp³-hybridized carbons (Fsp3) is 0.500. The molecule has 106 valence electrons. The Bertz CT molecular complexity index is 367. The molecule has 0 unspecified atom stereocenters. The molecule has 0 fully saturated rings. The van der Waals surface area contributed by atoms with Gasteiger partial charge in [0.25, 0.3) is 0 Å². The predicted octanol–water partition coefficient (Wildman–Crippen LogP) is 2.07. The molecule has 5 heteroatoms. The molecule has 1 amide bonds. The molecule has 1 rings (SSSR count). The highest BCUT2D eigenvalue weighted by Crippen LogP contribution is 2.21. The normalized spacial score (nSPS) is 10.2. The van der Waals surface area contributed by atoms with Gasteiger partial charge in [0.15, 0.2) is 0 Å². The lowest BCUT2D eigenvalue weighted by molar-refractivity contribution is -0.118. The van der Waals surface area contributed by atoms with E-state index in [0.717, 1.165) is 23.5 Å². The molecule has 0 spiro atoms. The molecule has 0 aliphatic rings. The van der Waals surface area contributed by atoms with Crippen molar-refractivity contribution in [3.05, 3.63) is 24.3 Å². The number of unbranched alkanes of at least 4 members (excludes halogenated alkanes) is 1. The first-order chi connectivity index (χ1) is 9.26. The number of hydrogen-bond donors (Lipinski definition) is 2. The monoisotopic (exact) mass is 283 g/mol. The van der Waals surface area contributed by atoms with E-state index in [9.17, 15) is 4.79 Å². The molecule has 1 aromatic rings. The van der Waals surface area contributed by atoms with Gasteiger partial charge in [0.1, 0.15) is 5.75 Å². The third kappa shape index (κ3) is 7.08. The summed E-state index contributed by atoms with van der Waals surface area (Å²) in [7, 11) is 0. The SMILES string of the molecule is CCOc1ccc(SCC(=O)NCCCCO)cc1. The van der Waals surface area contributed by atoms with Crippen molar-refractivity contribution >= 4 is 17.7 Å².